The molecule has 1 saturated heterocycles. The lowest BCUT2D eigenvalue weighted by molar-refractivity contribution is 0.00367. The molecule has 1 heterocycles. The van der Waals surface area contributed by atoms with E-state index in [1.807, 2.05) is 6.92 Å². The predicted molar refractivity (Wildman–Crippen MR) is 47.2 cm³/mol. The van der Waals surface area contributed by atoms with Gasteiger partial charge in [-0.15, -0.1) is 0 Å². The van der Waals surface area contributed by atoms with Crippen LogP contribution in [0.3, 0.4) is 0 Å². The van der Waals surface area contributed by atoms with Crippen molar-refractivity contribution in [1.82, 2.24) is 0 Å². The van der Waals surface area contributed by atoms with Gasteiger partial charge in [0.2, 0.25) is 0 Å². The van der Waals surface area contributed by atoms with Crippen molar-refractivity contribution in [2.24, 2.45) is 0 Å². The lowest BCUT2D eigenvalue weighted by Crippen LogP contribution is -2.38. The van der Waals surface area contributed by atoms with Crippen molar-refractivity contribution >= 4 is 0 Å². The van der Waals surface area contributed by atoms with Gasteiger partial charge >= 0.3 is 0 Å². The summed E-state index contributed by atoms with van der Waals surface area (Å²) in [5, 5.41) is 27.7. The number of hydrogen-bond acceptors (Lipinski definition) is 4. The molecule has 0 amide bonds. The van der Waals surface area contributed by atoms with Crippen molar-refractivity contribution < 1.29 is 20.1 Å². The Hall–Kier alpha value is -0.420. The minimum absolute atomic E-state index is 0.0317. The maximum atomic E-state index is 9.81. The summed E-state index contributed by atoms with van der Waals surface area (Å²) in [5.74, 6) is 0. The predicted octanol–water partition coefficient (Wildman–Crippen LogP) is -0.566. The van der Waals surface area contributed by atoms with Gasteiger partial charge in [-0.05, 0) is 19.9 Å². The Morgan fingerprint density at radius 3 is 2.46 bits per heavy atom. The molecule has 0 aliphatic carbocycles. The van der Waals surface area contributed by atoms with Crippen LogP contribution in [-0.4, -0.2) is 45.8 Å². The molecule has 1 fully saturated rings. The Morgan fingerprint density at radius 2 is 2.15 bits per heavy atom. The SMILES string of the molecule is [13CH3][C@H](O)/[13CH]=C/[13C@@](O)(CO)[13C@@H]1O[C@H]1[13CH3]. The standard InChI is InChI=1S/C9H16O4/c1-6(11)3-4-9(12,5-10)8-7(2)13-8/h3-4,6-8,10-12H,5H2,1-2H3/b4-3+/t6-,7-,8+,9+/m0/s1/i1+1,2+1,3+1,8+1,9+1. The Kier molecular flexibility index (Phi) is 3.08. The molecule has 1 aliphatic rings. The molecule has 0 aromatic rings. The van der Waals surface area contributed by atoms with E-state index >= 15 is 0 Å². The molecule has 13 heavy (non-hydrogen) atoms. The summed E-state index contributed by atoms with van der Waals surface area (Å²) >= 11 is 0. The number of aliphatic hydroxyl groups excluding tert-OH is 2. The molecule has 0 bridgehead atoms. The Bertz CT molecular complexity index is 202. The van der Waals surface area contributed by atoms with Crippen LogP contribution in [0.4, 0.5) is 0 Å². The van der Waals surface area contributed by atoms with E-state index < -0.39 is 18.3 Å². The lowest BCUT2D eigenvalue weighted by atomic mass is 10.5. The molecule has 3 N–H and O–H groups in total. The van der Waals surface area contributed by atoms with Gasteiger partial charge in [0.05, 0.1) is 18.8 Å². The highest BCUT2D eigenvalue weighted by Crippen LogP contribution is 2.32. The molecule has 0 radical (unpaired) electrons. The van der Waals surface area contributed by atoms with Crippen LogP contribution < -0.4 is 0 Å². The number of epoxide rings is 1. The second kappa shape index (κ2) is 3.75. The Morgan fingerprint density at radius 1 is 1.62 bits per heavy atom. The van der Waals surface area contributed by atoms with Crippen LogP contribution in [0.5, 0.6) is 0 Å². The summed E-state index contributed by atoms with van der Waals surface area (Å²) in [7, 11) is 0. The molecule has 1 aliphatic heterocycles. The fourth-order valence-corrected chi connectivity index (χ4v) is 1.25. The van der Waals surface area contributed by atoms with Gasteiger partial charge in [-0.2, -0.15) is 0 Å². The highest BCUT2D eigenvalue weighted by atomic mass is 16.7. The number of hydrogen-bond donors (Lipinski definition) is 3. The Labute approximate surface area is 77.5 Å². The second-order valence-corrected chi connectivity index (χ2v) is 3.51. The number of aliphatic hydroxyl groups is 3. The first-order chi connectivity index (χ1) is 5.99. The summed E-state index contributed by atoms with van der Waals surface area (Å²) in [4.78, 5) is 0. The zero-order valence-corrected chi connectivity index (χ0v) is 7.84. The smallest absolute Gasteiger partial charge is 0.134 e. The van der Waals surface area contributed by atoms with Crippen molar-refractivity contribution in [2.75, 3.05) is 6.61 Å². The molecule has 0 spiro atoms. The van der Waals surface area contributed by atoms with Crippen LogP contribution in [-0.2, 0) is 4.74 Å². The normalized spacial score (nSPS) is 34.5. The quantitative estimate of drug-likeness (QED) is 0.318. The minimum atomic E-state index is -1.35. The zero-order chi connectivity index (χ0) is 10.1. The van der Waals surface area contributed by atoms with Crippen LogP contribution in [0, 0.1) is 0 Å². The van der Waals surface area contributed by atoms with E-state index in [4.69, 9.17) is 14.9 Å². The van der Waals surface area contributed by atoms with E-state index in [0.717, 1.165) is 0 Å². The topological polar surface area (TPSA) is 73.2 Å². The first-order valence-electron chi connectivity index (χ1n) is 4.36. The van der Waals surface area contributed by atoms with Gasteiger partial charge in [-0.1, -0.05) is 6.08 Å². The summed E-state index contributed by atoms with van der Waals surface area (Å²) in [6.45, 7) is 3.00. The summed E-state index contributed by atoms with van der Waals surface area (Å²) in [5.41, 5.74) is -1.35. The Balaban J connectivity index is 2.59. The molecule has 0 aromatic carbocycles. The van der Waals surface area contributed by atoms with Gasteiger partial charge in [0.15, 0.2) is 0 Å². The second-order valence-electron chi connectivity index (χ2n) is 3.51. The summed E-state index contributed by atoms with van der Waals surface area (Å²) < 4.78 is 5.06. The van der Waals surface area contributed by atoms with Crippen LogP contribution in [0.25, 0.3) is 0 Å². The van der Waals surface area contributed by atoms with Crippen LogP contribution >= 0.6 is 0 Å². The van der Waals surface area contributed by atoms with Gasteiger partial charge in [-0.3, -0.25) is 0 Å². The fraction of sp³-hybridized carbons (Fsp3) is 0.778. The largest absolute Gasteiger partial charge is 0.393 e. The highest BCUT2D eigenvalue weighted by molar-refractivity contribution is 5.12. The van der Waals surface area contributed by atoms with Gasteiger partial charge in [-0.25, -0.2) is 0 Å². The number of ether oxygens (including phenoxy) is 1. The van der Waals surface area contributed by atoms with E-state index in [0.29, 0.717) is 0 Å². The molecule has 4 atom stereocenters. The van der Waals surface area contributed by atoms with Gasteiger partial charge in [0, 0.05) is 0 Å². The molecular formula is C9H16O4. The molecule has 4 heteroatoms. The van der Waals surface area contributed by atoms with Crippen molar-refractivity contribution in [3.05, 3.63) is 12.2 Å². The zero-order valence-electron chi connectivity index (χ0n) is 7.84. The van der Waals surface area contributed by atoms with Crippen LogP contribution in [0.15, 0.2) is 12.2 Å². The van der Waals surface area contributed by atoms with Gasteiger partial charge in [0.25, 0.3) is 0 Å². The van der Waals surface area contributed by atoms with E-state index in [-0.39, 0.29) is 12.2 Å². The van der Waals surface area contributed by atoms with Crippen molar-refractivity contribution in [1.29, 1.82) is 0 Å². The van der Waals surface area contributed by atoms with E-state index in [9.17, 15) is 5.11 Å². The van der Waals surface area contributed by atoms with Crippen molar-refractivity contribution in [3.8, 4) is 0 Å². The van der Waals surface area contributed by atoms with E-state index in [1.165, 1.54) is 12.2 Å². The molecule has 0 unspecified atom stereocenters. The van der Waals surface area contributed by atoms with Crippen LogP contribution in [0.2, 0.25) is 0 Å². The molecule has 76 valence electrons. The third kappa shape index (κ3) is 2.51. The lowest BCUT2D eigenvalue weighted by Gasteiger charge is -2.19. The first kappa shape index (κ1) is 10.7. The molecule has 0 saturated carbocycles. The molecule has 4 nitrogen and oxygen atoms in total. The third-order valence-electron chi connectivity index (χ3n) is 2.12. The monoisotopic (exact) mass is 193 g/mol. The third-order valence-corrected chi connectivity index (χ3v) is 2.12. The van der Waals surface area contributed by atoms with Crippen LogP contribution in [0.1, 0.15) is 13.8 Å². The van der Waals surface area contributed by atoms with E-state index in [1.54, 1.807) is 6.92 Å². The molecule has 1 rings (SSSR count). The average molecular weight is 193 g/mol. The first-order valence-corrected chi connectivity index (χ1v) is 4.36. The average Bonchev–Trinajstić information content (AvgIpc) is 2.79. The maximum Gasteiger partial charge on any atom is 0.134 e. The highest BCUT2D eigenvalue weighted by Gasteiger charge is 2.49. The molecule has 0 aromatic heterocycles. The van der Waals surface area contributed by atoms with Crippen molar-refractivity contribution in [3.63, 3.8) is 0 Å². The number of rotatable bonds is 4. The molecular weight excluding hydrogens is 177 g/mol. The van der Waals surface area contributed by atoms with Gasteiger partial charge < -0.3 is 20.1 Å². The van der Waals surface area contributed by atoms with Crippen molar-refractivity contribution in [2.45, 2.75) is 37.8 Å². The summed E-state index contributed by atoms with van der Waals surface area (Å²) in [6.07, 6.45) is 1.81. The fourth-order valence-electron chi connectivity index (χ4n) is 1.25. The van der Waals surface area contributed by atoms with E-state index in [2.05, 4.69) is 0 Å². The maximum absolute atomic E-state index is 9.81. The van der Waals surface area contributed by atoms with Gasteiger partial charge in [0.1, 0.15) is 11.7 Å². The minimum Gasteiger partial charge on any atom is -0.393 e. The summed E-state index contributed by atoms with van der Waals surface area (Å²) in [6, 6.07) is 0.